The zero-order valence-electron chi connectivity index (χ0n) is 18.8. The van der Waals surface area contributed by atoms with E-state index in [2.05, 4.69) is 17.4 Å². The molecule has 0 spiro atoms. The highest BCUT2D eigenvalue weighted by atomic mass is 32.2. The number of methoxy groups -OCH3 is 4. The highest BCUT2D eigenvalue weighted by molar-refractivity contribution is 7.99. The second-order valence-corrected chi connectivity index (χ2v) is 7.46. The Morgan fingerprint density at radius 2 is 1.39 bits per heavy atom. The van der Waals surface area contributed by atoms with Gasteiger partial charge in [-0.1, -0.05) is 18.7 Å². The van der Waals surface area contributed by atoms with Crippen molar-refractivity contribution in [3.8, 4) is 23.0 Å². The topological polar surface area (TPSA) is 40.8 Å². The summed E-state index contributed by atoms with van der Waals surface area (Å²) in [6.45, 7) is 5.90. The fourth-order valence-corrected chi connectivity index (χ4v) is 4.57. The van der Waals surface area contributed by atoms with Crippen LogP contribution in [0.25, 0.3) is 27.5 Å². The number of pyridine rings is 1. The van der Waals surface area contributed by atoms with Crippen LogP contribution in [0.2, 0.25) is 0 Å². The molecule has 0 amide bonds. The maximum atomic E-state index is 5.80. The van der Waals surface area contributed by atoms with E-state index in [1.165, 1.54) is 0 Å². The van der Waals surface area contributed by atoms with Crippen molar-refractivity contribution in [2.45, 2.75) is 11.8 Å². The van der Waals surface area contributed by atoms with Gasteiger partial charge < -0.3 is 18.9 Å². The van der Waals surface area contributed by atoms with Crippen molar-refractivity contribution in [1.29, 1.82) is 0 Å². The summed E-state index contributed by atoms with van der Waals surface area (Å²) in [6, 6.07) is 7.84. The summed E-state index contributed by atoms with van der Waals surface area (Å²) in [6.07, 6.45) is 9.83. The van der Waals surface area contributed by atoms with E-state index in [-0.39, 0.29) is 0 Å². The SMILES string of the molecule is C=C/C=C(\C=C/C)[n+]1c2cc(OC)cc(OC)c2c(SC)c2c(OC)cc(OC)cc21. The van der Waals surface area contributed by atoms with Crippen LogP contribution < -0.4 is 23.5 Å². The standard InChI is InChI=1S/C25H28NO4S/c1-8-10-16(11-9-2)26-19-12-17(27-3)14-21(29-5)23(19)25(31-7)24-20(26)13-18(28-4)15-22(24)30-6/h8-15H,1H2,2-7H3/q+1/b11-9-,16-10+. The Kier molecular flexibility index (Phi) is 7.13. The predicted molar refractivity (Wildman–Crippen MR) is 129 cm³/mol. The minimum Gasteiger partial charge on any atom is -0.496 e. The number of thioether (sulfide) groups is 1. The highest BCUT2D eigenvalue weighted by Crippen LogP contribution is 2.44. The molecule has 162 valence electrons. The molecular weight excluding hydrogens is 410 g/mol. The monoisotopic (exact) mass is 438 g/mol. The van der Waals surface area contributed by atoms with Gasteiger partial charge in [0, 0.05) is 29.2 Å². The van der Waals surface area contributed by atoms with Crippen LogP contribution >= 0.6 is 11.8 Å². The number of hydrogen-bond donors (Lipinski definition) is 0. The number of hydrogen-bond acceptors (Lipinski definition) is 5. The van der Waals surface area contributed by atoms with E-state index in [1.807, 2.05) is 49.4 Å². The fourth-order valence-electron chi connectivity index (χ4n) is 3.75. The quantitative estimate of drug-likeness (QED) is 0.197. The summed E-state index contributed by atoms with van der Waals surface area (Å²) in [5.74, 6) is 2.87. The van der Waals surface area contributed by atoms with Crippen LogP contribution in [0.15, 0.2) is 60.0 Å². The molecule has 0 saturated carbocycles. The summed E-state index contributed by atoms with van der Waals surface area (Å²) in [5, 5.41) is 1.96. The predicted octanol–water partition coefficient (Wildman–Crippen LogP) is 5.64. The maximum absolute atomic E-state index is 5.80. The van der Waals surface area contributed by atoms with Crippen molar-refractivity contribution in [3.05, 3.63) is 55.1 Å². The van der Waals surface area contributed by atoms with E-state index in [0.717, 1.165) is 43.9 Å². The zero-order valence-corrected chi connectivity index (χ0v) is 19.6. The second-order valence-electron chi connectivity index (χ2n) is 6.64. The third kappa shape index (κ3) is 3.95. The minimum absolute atomic E-state index is 0.706. The molecule has 31 heavy (non-hydrogen) atoms. The summed E-state index contributed by atoms with van der Waals surface area (Å²) >= 11 is 1.65. The highest BCUT2D eigenvalue weighted by Gasteiger charge is 2.29. The molecule has 0 unspecified atom stereocenters. The molecule has 5 nitrogen and oxygen atoms in total. The van der Waals surface area contributed by atoms with Crippen molar-refractivity contribution in [1.82, 2.24) is 0 Å². The van der Waals surface area contributed by atoms with Gasteiger partial charge >= 0.3 is 0 Å². The van der Waals surface area contributed by atoms with Gasteiger partial charge in [-0.3, -0.25) is 0 Å². The average molecular weight is 439 g/mol. The zero-order chi connectivity index (χ0) is 22.5. The lowest BCUT2D eigenvalue weighted by atomic mass is 10.1. The molecule has 3 rings (SSSR count). The van der Waals surface area contributed by atoms with Crippen molar-refractivity contribution < 1.29 is 23.5 Å². The lowest BCUT2D eigenvalue weighted by molar-refractivity contribution is -0.520. The molecule has 0 saturated heterocycles. The molecule has 3 aromatic rings. The van der Waals surface area contributed by atoms with Gasteiger partial charge in [-0.15, -0.1) is 11.8 Å². The van der Waals surface area contributed by atoms with Crippen molar-refractivity contribution >= 4 is 39.3 Å². The molecule has 0 atom stereocenters. The van der Waals surface area contributed by atoms with Gasteiger partial charge in [-0.25, -0.2) is 0 Å². The van der Waals surface area contributed by atoms with Crippen molar-refractivity contribution in [3.63, 3.8) is 0 Å². The Morgan fingerprint density at radius 1 is 0.871 bits per heavy atom. The Balaban J connectivity index is 2.75. The molecule has 0 bridgehead atoms. The van der Waals surface area contributed by atoms with Gasteiger partial charge in [-0.2, -0.15) is 4.57 Å². The first kappa shape index (κ1) is 22.6. The van der Waals surface area contributed by atoms with Crippen LogP contribution in [0.4, 0.5) is 0 Å². The van der Waals surface area contributed by atoms with E-state index in [0.29, 0.717) is 11.5 Å². The van der Waals surface area contributed by atoms with Crippen LogP contribution in [-0.4, -0.2) is 34.7 Å². The first-order chi connectivity index (χ1) is 15.1. The van der Waals surface area contributed by atoms with Gasteiger partial charge in [0.1, 0.15) is 33.8 Å². The molecular formula is C25H28NO4S+. The van der Waals surface area contributed by atoms with Gasteiger partial charge in [-0.05, 0) is 13.2 Å². The Bertz CT molecular complexity index is 1120. The summed E-state index contributed by atoms with van der Waals surface area (Å²) in [7, 11) is 6.65. The smallest absolute Gasteiger partial charge is 0.227 e. The number of ether oxygens (including phenoxy) is 4. The van der Waals surface area contributed by atoms with Crippen LogP contribution in [0.1, 0.15) is 6.92 Å². The maximum Gasteiger partial charge on any atom is 0.227 e. The van der Waals surface area contributed by atoms with E-state index in [9.17, 15) is 0 Å². The van der Waals surface area contributed by atoms with Crippen molar-refractivity contribution in [2.75, 3.05) is 34.7 Å². The lowest BCUT2D eigenvalue weighted by Gasteiger charge is -2.16. The average Bonchev–Trinajstić information content (AvgIpc) is 2.80. The number of fused-ring (bicyclic) bond motifs is 2. The molecule has 0 aliphatic heterocycles. The number of nitrogens with zero attached hydrogens (tertiary/aromatic N) is 1. The second kappa shape index (κ2) is 9.79. The van der Waals surface area contributed by atoms with Gasteiger partial charge in [0.2, 0.25) is 16.7 Å². The molecule has 0 N–H and O–H groups in total. The first-order valence-electron chi connectivity index (χ1n) is 9.77. The Morgan fingerprint density at radius 3 is 1.74 bits per heavy atom. The fraction of sp³-hybridized carbons (Fsp3) is 0.240. The summed E-state index contributed by atoms with van der Waals surface area (Å²) in [4.78, 5) is 1.05. The third-order valence-electron chi connectivity index (χ3n) is 5.05. The Labute approximate surface area is 187 Å². The molecule has 0 radical (unpaired) electrons. The molecule has 0 aliphatic carbocycles. The van der Waals surface area contributed by atoms with E-state index >= 15 is 0 Å². The van der Waals surface area contributed by atoms with E-state index in [4.69, 9.17) is 18.9 Å². The molecule has 2 aromatic carbocycles. The van der Waals surface area contributed by atoms with Gasteiger partial charge in [0.05, 0.1) is 40.6 Å². The molecule has 6 heteroatoms. The van der Waals surface area contributed by atoms with Crippen LogP contribution in [0, 0.1) is 0 Å². The third-order valence-corrected chi connectivity index (χ3v) is 5.86. The number of rotatable bonds is 8. The lowest BCUT2D eigenvalue weighted by Crippen LogP contribution is -2.34. The van der Waals surface area contributed by atoms with Gasteiger partial charge in [0.15, 0.2) is 0 Å². The normalized spacial score (nSPS) is 11.9. The number of benzene rings is 2. The number of allylic oxidation sites excluding steroid dienone is 5. The van der Waals surface area contributed by atoms with Crippen LogP contribution in [-0.2, 0) is 0 Å². The molecule has 1 heterocycles. The van der Waals surface area contributed by atoms with Crippen molar-refractivity contribution in [2.24, 2.45) is 0 Å². The largest absolute Gasteiger partial charge is 0.496 e. The van der Waals surface area contributed by atoms with Crippen LogP contribution in [0.5, 0.6) is 23.0 Å². The molecule has 1 aromatic heterocycles. The van der Waals surface area contributed by atoms with E-state index in [1.54, 1.807) is 46.3 Å². The summed E-state index contributed by atoms with van der Waals surface area (Å²) in [5.41, 5.74) is 2.81. The minimum atomic E-state index is 0.706. The number of aromatic nitrogens is 1. The molecule has 0 fully saturated rings. The first-order valence-corrected chi connectivity index (χ1v) is 11.0. The van der Waals surface area contributed by atoms with E-state index < -0.39 is 0 Å². The molecule has 0 aliphatic rings. The van der Waals surface area contributed by atoms with Crippen LogP contribution in [0.3, 0.4) is 0 Å². The summed E-state index contributed by atoms with van der Waals surface area (Å²) < 4.78 is 24.9. The Hall–Kier alpha value is -3.12. The van der Waals surface area contributed by atoms with Gasteiger partial charge in [0.25, 0.3) is 0 Å².